The molecule has 0 saturated carbocycles. The molecular weight excluding hydrogens is 324 g/mol. The van der Waals surface area contributed by atoms with Gasteiger partial charge in [0, 0.05) is 38.5 Å². The Labute approximate surface area is 156 Å². The van der Waals surface area contributed by atoms with Crippen LogP contribution in [-0.2, 0) is 11.3 Å². The minimum Gasteiger partial charge on any atom is -0.465 e. The van der Waals surface area contributed by atoms with Crippen LogP contribution in [0.25, 0.3) is 0 Å². The number of nitrogens with zero attached hydrogens (tertiary/aromatic N) is 2. The quantitative estimate of drug-likeness (QED) is 0.785. The number of hydrogen-bond donors (Lipinski definition) is 0. The smallest absolute Gasteiger partial charge is 0.219 e. The van der Waals surface area contributed by atoms with Gasteiger partial charge in [0.2, 0.25) is 5.91 Å². The number of benzene rings is 1. The fraction of sp³-hybridized carbons (Fsp3) is 0.500. The van der Waals surface area contributed by atoms with E-state index in [2.05, 4.69) is 55.1 Å². The molecule has 140 valence electrons. The molecule has 0 radical (unpaired) electrons. The summed E-state index contributed by atoms with van der Waals surface area (Å²) in [5.41, 5.74) is 1.36. The lowest BCUT2D eigenvalue weighted by Crippen LogP contribution is -2.40. The van der Waals surface area contributed by atoms with Gasteiger partial charge in [-0.1, -0.05) is 30.3 Å². The van der Waals surface area contributed by atoms with Gasteiger partial charge >= 0.3 is 0 Å². The van der Waals surface area contributed by atoms with Crippen molar-refractivity contribution in [3.8, 4) is 0 Å². The van der Waals surface area contributed by atoms with E-state index in [0.29, 0.717) is 11.8 Å². The van der Waals surface area contributed by atoms with E-state index in [1.54, 1.807) is 6.92 Å². The number of carbonyl (C=O) groups is 1. The van der Waals surface area contributed by atoms with E-state index in [1.165, 1.54) is 5.56 Å². The number of hydrogen-bond acceptors (Lipinski definition) is 3. The molecule has 26 heavy (non-hydrogen) atoms. The second-order valence-corrected chi connectivity index (χ2v) is 7.75. The van der Waals surface area contributed by atoms with Crippen molar-refractivity contribution >= 4 is 5.91 Å². The summed E-state index contributed by atoms with van der Waals surface area (Å²) in [5.74, 6) is 3.00. The molecule has 4 heteroatoms. The van der Waals surface area contributed by atoms with Gasteiger partial charge in [0.1, 0.15) is 11.5 Å². The van der Waals surface area contributed by atoms with Crippen molar-refractivity contribution in [2.24, 2.45) is 5.92 Å². The molecule has 4 nitrogen and oxygen atoms in total. The summed E-state index contributed by atoms with van der Waals surface area (Å²) in [7, 11) is 0. The number of aryl methyl sites for hydroxylation is 1. The van der Waals surface area contributed by atoms with E-state index < -0.39 is 0 Å². The average Bonchev–Trinajstić information content (AvgIpc) is 3.19. The molecule has 1 saturated heterocycles. The van der Waals surface area contributed by atoms with Crippen LogP contribution in [0.4, 0.5) is 0 Å². The fourth-order valence-electron chi connectivity index (χ4n) is 4.10. The Balaban J connectivity index is 1.78. The van der Waals surface area contributed by atoms with Gasteiger partial charge in [0.15, 0.2) is 0 Å². The second-order valence-electron chi connectivity index (χ2n) is 7.75. The predicted octanol–water partition coefficient (Wildman–Crippen LogP) is 4.06. The number of carbonyl (C=O) groups excluding carboxylic acids is 1. The summed E-state index contributed by atoms with van der Waals surface area (Å²) >= 11 is 0. The van der Waals surface area contributed by atoms with Crippen molar-refractivity contribution in [1.29, 1.82) is 0 Å². The molecule has 0 bridgehead atoms. The standard InChI is InChI=1S/C22H30N2O2/c1-16(2)24(18(4)25)13-20-12-23(14-21-11-10-17(3)26-21)15-22(20)19-8-6-5-7-9-19/h5-11,16,20,22H,12-15H2,1-4H3. The van der Waals surface area contributed by atoms with Crippen LogP contribution in [0.2, 0.25) is 0 Å². The lowest BCUT2D eigenvalue weighted by atomic mass is 9.88. The third-order valence-corrected chi connectivity index (χ3v) is 5.38. The van der Waals surface area contributed by atoms with Crippen molar-refractivity contribution in [3.05, 3.63) is 59.5 Å². The molecule has 2 aromatic rings. The normalized spacial score (nSPS) is 20.7. The Hall–Kier alpha value is -2.07. The van der Waals surface area contributed by atoms with E-state index in [1.807, 2.05) is 17.9 Å². The van der Waals surface area contributed by atoms with E-state index >= 15 is 0 Å². The first-order valence-corrected chi connectivity index (χ1v) is 9.54. The molecule has 1 aromatic heterocycles. The maximum Gasteiger partial charge on any atom is 0.219 e. The Morgan fingerprint density at radius 1 is 1.19 bits per heavy atom. The fourth-order valence-corrected chi connectivity index (χ4v) is 4.10. The summed E-state index contributed by atoms with van der Waals surface area (Å²) < 4.78 is 5.77. The summed E-state index contributed by atoms with van der Waals surface area (Å²) in [6.07, 6.45) is 0. The molecule has 2 atom stereocenters. The first-order chi connectivity index (χ1) is 12.4. The van der Waals surface area contributed by atoms with Crippen LogP contribution >= 0.6 is 0 Å². The average molecular weight is 354 g/mol. The monoisotopic (exact) mass is 354 g/mol. The minimum absolute atomic E-state index is 0.159. The van der Waals surface area contributed by atoms with Gasteiger partial charge in [-0.15, -0.1) is 0 Å². The molecule has 0 N–H and O–H groups in total. The van der Waals surface area contributed by atoms with Gasteiger partial charge in [-0.3, -0.25) is 9.69 Å². The van der Waals surface area contributed by atoms with Crippen LogP contribution in [0.15, 0.2) is 46.9 Å². The van der Waals surface area contributed by atoms with Crippen molar-refractivity contribution in [3.63, 3.8) is 0 Å². The maximum atomic E-state index is 12.1. The first kappa shape index (κ1) is 18.7. The van der Waals surface area contributed by atoms with E-state index in [4.69, 9.17) is 4.42 Å². The number of furan rings is 1. The molecule has 1 aromatic carbocycles. The molecule has 1 aliphatic rings. The van der Waals surface area contributed by atoms with Crippen LogP contribution in [-0.4, -0.2) is 41.4 Å². The highest BCUT2D eigenvalue weighted by Crippen LogP contribution is 2.34. The lowest BCUT2D eigenvalue weighted by Gasteiger charge is -2.30. The van der Waals surface area contributed by atoms with Crippen molar-refractivity contribution in [1.82, 2.24) is 9.80 Å². The van der Waals surface area contributed by atoms with Gasteiger partial charge in [-0.25, -0.2) is 0 Å². The maximum absolute atomic E-state index is 12.1. The summed E-state index contributed by atoms with van der Waals surface area (Å²) in [6, 6.07) is 15.0. The molecule has 2 heterocycles. The molecule has 0 spiro atoms. The third kappa shape index (κ3) is 4.36. The molecule has 1 fully saturated rings. The van der Waals surface area contributed by atoms with Gasteiger partial charge in [-0.2, -0.15) is 0 Å². The topological polar surface area (TPSA) is 36.7 Å². The SMILES string of the molecule is CC(=O)N(CC1CN(Cc2ccc(C)o2)CC1c1ccccc1)C(C)C. The van der Waals surface area contributed by atoms with Crippen LogP contribution in [0.5, 0.6) is 0 Å². The highest BCUT2D eigenvalue weighted by Gasteiger charge is 2.36. The van der Waals surface area contributed by atoms with Crippen LogP contribution < -0.4 is 0 Å². The van der Waals surface area contributed by atoms with Gasteiger partial charge in [0.05, 0.1) is 6.54 Å². The first-order valence-electron chi connectivity index (χ1n) is 9.54. The second kappa shape index (κ2) is 8.09. The minimum atomic E-state index is 0.159. The lowest BCUT2D eigenvalue weighted by molar-refractivity contribution is -0.131. The van der Waals surface area contributed by atoms with Crippen LogP contribution in [0.3, 0.4) is 0 Å². The Morgan fingerprint density at radius 2 is 1.92 bits per heavy atom. The summed E-state index contributed by atoms with van der Waals surface area (Å²) in [5, 5.41) is 0. The number of likely N-dealkylation sites (tertiary alicyclic amines) is 1. The molecule has 3 rings (SSSR count). The number of rotatable bonds is 6. The molecule has 0 aliphatic carbocycles. The van der Waals surface area contributed by atoms with Gasteiger partial charge in [0.25, 0.3) is 0 Å². The molecular formula is C22H30N2O2. The zero-order valence-corrected chi connectivity index (χ0v) is 16.3. The van der Waals surface area contributed by atoms with E-state index in [0.717, 1.165) is 37.7 Å². The van der Waals surface area contributed by atoms with Gasteiger partial charge in [-0.05, 0) is 44.4 Å². The Bertz CT molecular complexity index is 723. The Kier molecular flexibility index (Phi) is 5.82. The van der Waals surface area contributed by atoms with Gasteiger partial charge < -0.3 is 9.32 Å². The van der Waals surface area contributed by atoms with Crippen molar-refractivity contribution in [2.75, 3.05) is 19.6 Å². The van der Waals surface area contributed by atoms with Crippen LogP contribution in [0.1, 0.15) is 43.8 Å². The van der Waals surface area contributed by atoms with E-state index in [9.17, 15) is 4.79 Å². The van der Waals surface area contributed by atoms with E-state index in [-0.39, 0.29) is 11.9 Å². The van der Waals surface area contributed by atoms with Crippen molar-refractivity contribution < 1.29 is 9.21 Å². The Morgan fingerprint density at radius 3 is 2.50 bits per heavy atom. The highest BCUT2D eigenvalue weighted by atomic mass is 16.3. The molecule has 1 aliphatic heterocycles. The highest BCUT2D eigenvalue weighted by molar-refractivity contribution is 5.73. The number of amides is 1. The largest absolute Gasteiger partial charge is 0.465 e. The molecule has 1 amide bonds. The summed E-state index contributed by atoms with van der Waals surface area (Å²) in [6.45, 7) is 11.5. The third-order valence-electron chi connectivity index (χ3n) is 5.38. The zero-order chi connectivity index (χ0) is 18.7. The molecule has 2 unspecified atom stereocenters. The van der Waals surface area contributed by atoms with Crippen molar-refractivity contribution in [2.45, 2.75) is 46.2 Å². The van der Waals surface area contributed by atoms with Crippen LogP contribution in [0, 0.1) is 12.8 Å². The summed E-state index contributed by atoms with van der Waals surface area (Å²) in [4.78, 5) is 16.5. The predicted molar refractivity (Wildman–Crippen MR) is 104 cm³/mol. The zero-order valence-electron chi connectivity index (χ0n) is 16.3.